The Hall–Kier alpha value is -5.93. The van der Waals surface area contributed by atoms with Gasteiger partial charge in [0.15, 0.2) is 0 Å². The van der Waals surface area contributed by atoms with Gasteiger partial charge >= 0.3 is 0 Å². The van der Waals surface area contributed by atoms with Crippen molar-refractivity contribution in [3.63, 3.8) is 0 Å². The van der Waals surface area contributed by atoms with E-state index in [-0.39, 0.29) is 0 Å². The zero-order chi connectivity index (χ0) is 36.7. The van der Waals surface area contributed by atoms with Gasteiger partial charge in [-0.2, -0.15) is 0 Å². The number of fused-ring (bicyclic) bond motifs is 5. The van der Waals surface area contributed by atoms with E-state index < -0.39 is 0 Å². The van der Waals surface area contributed by atoms with Crippen molar-refractivity contribution in [2.45, 2.75) is 0 Å². The second kappa shape index (κ2) is 12.3. The number of para-hydroxylation sites is 1. The van der Waals surface area contributed by atoms with E-state index in [2.05, 4.69) is 119 Å². The van der Waals surface area contributed by atoms with Gasteiger partial charge < -0.3 is 14.6 Å². The summed E-state index contributed by atoms with van der Waals surface area (Å²) in [6.07, 6.45) is 0. The van der Waals surface area contributed by atoms with E-state index in [0.717, 1.165) is 121 Å². The Labute approximate surface area is 314 Å². The molecule has 0 bridgehead atoms. The lowest BCUT2D eigenvalue weighted by Gasteiger charge is -2.27. The number of aromatic hydroxyl groups is 2. The van der Waals surface area contributed by atoms with Crippen molar-refractivity contribution in [3.8, 4) is 56.0 Å². The van der Waals surface area contributed by atoms with Gasteiger partial charge in [0.1, 0.15) is 69.7 Å². The predicted molar refractivity (Wildman–Crippen MR) is 243 cm³/mol. The molecule has 0 spiro atoms. The molecule has 0 aliphatic carbocycles. The lowest BCUT2D eigenvalue weighted by Crippen LogP contribution is -2.35. The minimum atomic E-state index is 0.312. The van der Waals surface area contributed by atoms with Crippen molar-refractivity contribution in [2.24, 2.45) is 0 Å². The molecule has 246 valence electrons. The Bertz CT molecular complexity index is 2880. The third-order valence-electron chi connectivity index (χ3n) is 11.7. The molecular weight excluding hydrogens is 641 g/mol. The monoisotopic (exact) mass is 676 g/mol. The standard InChI is InChI=1S/C44H34B6O3/c45-37-33-31(34-36(40(48)44(52)42(50)38(34)46)30(22-11-5-2-6-12-22)35(33)39(47)43(51)41(37)49)24-17-15-23(16-18-24)29-25(21-9-3-1-4-10-21)19-20-28-32(29)26-13-7-8-14-27(26)53-28/h1-20,51-52H,45-50H2. The lowest BCUT2D eigenvalue weighted by molar-refractivity contribution is 0.484. The highest BCUT2D eigenvalue weighted by Gasteiger charge is 2.26. The van der Waals surface area contributed by atoms with Gasteiger partial charge in [-0.1, -0.05) is 131 Å². The van der Waals surface area contributed by atoms with Crippen LogP contribution in [0, 0.1) is 0 Å². The van der Waals surface area contributed by atoms with Crippen LogP contribution in [0.4, 0.5) is 0 Å². The maximum atomic E-state index is 11.6. The lowest BCUT2D eigenvalue weighted by atomic mass is 9.65. The topological polar surface area (TPSA) is 53.6 Å². The van der Waals surface area contributed by atoms with Crippen LogP contribution in [0.1, 0.15) is 0 Å². The fourth-order valence-electron chi connectivity index (χ4n) is 8.74. The molecule has 0 aliphatic heterocycles. The Balaban J connectivity index is 1.41. The highest BCUT2D eigenvalue weighted by Crippen LogP contribution is 2.45. The molecule has 0 saturated heterocycles. The minimum Gasteiger partial charge on any atom is -0.509 e. The average Bonchev–Trinajstić information content (AvgIpc) is 3.58. The smallest absolute Gasteiger partial charge is 0.145 e. The van der Waals surface area contributed by atoms with Gasteiger partial charge in [0.2, 0.25) is 0 Å². The van der Waals surface area contributed by atoms with Crippen molar-refractivity contribution < 1.29 is 14.6 Å². The molecule has 9 aromatic rings. The van der Waals surface area contributed by atoms with Crippen LogP contribution < -0.4 is 32.8 Å². The molecule has 0 saturated carbocycles. The molecule has 0 aliphatic rings. The Morgan fingerprint density at radius 3 is 1.32 bits per heavy atom. The molecule has 3 nitrogen and oxygen atoms in total. The molecular formula is C44H34B6O3. The van der Waals surface area contributed by atoms with E-state index in [0.29, 0.717) is 11.5 Å². The summed E-state index contributed by atoms with van der Waals surface area (Å²) in [7, 11) is 12.3. The average molecular weight is 676 g/mol. The summed E-state index contributed by atoms with van der Waals surface area (Å²) < 4.78 is 6.39. The van der Waals surface area contributed by atoms with Crippen LogP contribution in [0.3, 0.4) is 0 Å². The first-order valence-electron chi connectivity index (χ1n) is 18.2. The zero-order valence-electron chi connectivity index (χ0n) is 30.8. The molecule has 1 heterocycles. The van der Waals surface area contributed by atoms with Crippen molar-refractivity contribution in [1.82, 2.24) is 0 Å². The summed E-state index contributed by atoms with van der Waals surface area (Å²) in [5.74, 6) is 0.625. The van der Waals surface area contributed by atoms with E-state index in [9.17, 15) is 10.2 Å². The number of phenols is 2. The molecule has 2 N–H and O–H groups in total. The predicted octanol–water partition coefficient (Wildman–Crippen LogP) is 1.52. The molecule has 1 aromatic heterocycles. The van der Waals surface area contributed by atoms with E-state index >= 15 is 0 Å². The summed E-state index contributed by atoms with van der Waals surface area (Å²) in [6, 6.07) is 42.5. The number of rotatable bonds is 4. The highest BCUT2D eigenvalue weighted by molar-refractivity contribution is 6.64. The summed E-state index contributed by atoms with van der Waals surface area (Å²) >= 11 is 0. The van der Waals surface area contributed by atoms with Gasteiger partial charge in [-0.15, -0.1) is 0 Å². The van der Waals surface area contributed by atoms with Crippen molar-refractivity contribution in [2.75, 3.05) is 0 Å². The van der Waals surface area contributed by atoms with Gasteiger partial charge in [-0.25, -0.2) is 0 Å². The molecule has 9 rings (SSSR count). The Morgan fingerprint density at radius 2 is 0.774 bits per heavy atom. The summed E-state index contributed by atoms with van der Waals surface area (Å²) in [6.45, 7) is 0. The third-order valence-corrected chi connectivity index (χ3v) is 11.7. The normalized spacial score (nSPS) is 11.6. The summed E-state index contributed by atoms with van der Waals surface area (Å²) in [5.41, 5.74) is 16.1. The van der Waals surface area contributed by atoms with Gasteiger partial charge in [0.25, 0.3) is 0 Å². The van der Waals surface area contributed by atoms with Crippen LogP contribution in [-0.2, 0) is 0 Å². The number of furan rings is 1. The molecule has 0 amide bonds. The first-order chi connectivity index (χ1) is 25.7. The third kappa shape index (κ3) is 4.83. The molecule has 53 heavy (non-hydrogen) atoms. The summed E-state index contributed by atoms with van der Waals surface area (Å²) in [5, 5.41) is 29.6. The number of phenolic OH excluding ortho intramolecular Hbond substituents is 2. The molecule has 0 radical (unpaired) electrons. The maximum absolute atomic E-state index is 11.6. The molecule has 0 atom stereocenters. The van der Waals surface area contributed by atoms with Gasteiger partial charge in [0, 0.05) is 16.3 Å². The van der Waals surface area contributed by atoms with Crippen LogP contribution in [-0.4, -0.2) is 57.3 Å². The van der Waals surface area contributed by atoms with E-state index in [4.69, 9.17) is 4.42 Å². The van der Waals surface area contributed by atoms with Crippen molar-refractivity contribution in [1.29, 1.82) is 0 Å². The van der Waals surface area contributed by atoms with Gasteiger partial charge in [-0.3, -0.25) is 0 Å². The SMILES string of the molecule is Bc1c(O)c(B)c2c(-c3ccccc3)c3c(B)c(O)c(B)c(B)c3c(-c3ccc(-c4c(-c5ccccc5)ccc5oc6ccccc6c45)cc3)c2c1B. The van der Waals surface area contributed by atoms with Crippen LogP contribution >= 0.6 is 0 Å². The zero-order valence-corrected chi connectivity index (χ0v) is 30.8. The van der Waals surface area contributed by atoms with E-state index in [1.54, 1.807) is 0 Å². The molecule has 0 fully saturated rings. The second-order valence-corrected chi connectivity index (χ2v) is 14.5. The quantitative estimate of drug-likeness (QED) is 0.220. The Morgan fingerprint density at radius 1 is 0.340 bits per heavy atom. The first kappa shape index (κ1) is 32.9. The van der Waals surface area contributed by atoms with Gasteiger partial charge in [-0.05, 0) is 83.5 Å². The maximum Gasteiger partial charge on any atom is 0.145 e. The fourth-order valence-corrected chi connectivity index (χ4v) is 8.74. The van der Waals surface area contributed by atoms with Crippen LogP contribution in [0.5, 0.6) is 11.5 Å². The van der Waals surface area contributed by atoms with E-state index in [1.807, 2.05) is 49.6 Å². The van der Waals surface area contributed by atoms with Gasteiger partial charge in [0.05, 0.1) is 0 Å². The van der Waals surface area contributed by atoms with E-state index in [1.165, 1.54) is 0 Å². The van der Waals surface area contributed by atoms with Crippen molar-refractivity contribution >= 4 is 123 Å². The largest absolute Gasteiger partial charge is 0.509 e. The van der Waals surface area contributed by atoms with Crippen LogP contribution in [0.15, 0.2) is 126 Å². The second-order valence-electron chi connectivity index (χ2n) is 14.5. The molecule has 0 unspecified atom stereocenters. The minimum absolute atomic E-state index is 0.312. The Kier molecular flexibility index (Phi) is 7.67. The number of hydrogen-bond donors (Lipinski definition) is 2. The van der Waals surface area contributed by atoms with Crippen molar-refractivity contribution in [3.05, 3.63) is 121 Å². The van der Waals surface area contributed by atoms with Crippen LogP contribution in [0.2, 0.25) is 0 Å². The molecule has 8 aromatic carbocycles. The summed E-state index contributed by atoms with van der Waals surface area (Å²) in [4.78, 5) is 0. The molecule has 9 heteroatoms. The number of hydrogen-bond acceptors (Lipinski definition) is 3. The highest BCUT2D eigenvalue weighted by atomic mass is 16.3. The number of benzene rings is 8. The first-order valence-corrected chi connectivity index (χ1v) is 18.2. The van der Waals surface area contributed by atoms with Crippen LogP contribution in [0.25, 0.3) is 88.0 Å². The fraction of sp³-hybridized carbons (Fsp3) is 0.